The summed E-state index contributed by atoms with van der Waals surface area (Å²) in [6.07, 6.45) is 0. The lowest BCUT2D eigenvalue weighted by Gasteiger charge is -2.21. The van der Waals surface area contributed by atoms with Gasteiger partial charge in [0.1, 0.15) is 0 Å². The van der Waals surface area contributed by atoms with Crippen LogP contribution < -0.4 is 16.8 Å². The number of hydrogen-bond donors (Lipinski definition) is 3. The zero-order valence-corrected chi connectivity index (χ0v) is 9.88. The predicted molar refractivity (Wildman–Crippen MR) is 66.4 cm³/mol. The first-order valence-electron chi connectivity index (χ1n) is 5.15. The maximum atomic E-state index is 11.3. The van der Waals surface area contributed by atoms with Gasteiger partial charge in [-0.1, -0.05) is 6.07 Å². The highest BCUT2D eigenvalue weighted by atomic mass is 32.2. The molecular weight excluding hydrogens is 222 g/mol. The quantitative estimate of drug-likeness (QED) is 0.719. The van der Waals surface area contributed by atoms with Gasteiger partial charge < -0.3 is 16.8 Å². The van der Waals surface area contributed by atoms with Crippen LogP contribution in [0.1, 0.15) is 18.5 Å². The van der Waals surface area contributed by atoms with Crippen molar-refractivity contribution in [2.45, 2.75) is 23.9 Å². The highest BCUT2D eigenvalue weighted by Crippen LogP contribution is 2.33. The minimum atomic E-state index is -0.200. The van der Waals surface area contributed by atoms with E-state index in [9.17, 15) is 4.79 Å². The maximum Gasteiger partial charge on any atom is 0.234 e. The Kier molecular flexibility index (Phi) is 3.18. The molecule has 1 amide bonds. The maximum absolute atomic E-state index is 11.3. The van der Waals surface area contributed by atoms with E-state index < -0.39 is 0 Å². The number of anilines is 1. The third-order valence-electron chi connectivity index (χ3n) is 2.59. The molecule has 2 unspecified atom stereocenters. The molecule has 1 aromatic carbocycles. The largest absolute Gasteiger partial charge is 0.326 e. The fourth-order valence-corrected chi connectivity index (χ4v) is 2.40. The third-order valence-corrected chi connectivity index (χ3v) is 3.66. The first kappa shape index (κ1) is 11.4. The monoisotopic (exact) mass is 237 g/mol. The van der Waals surface area contributed by atoms with Crippen LogP contribution in [0.15, 0.2) is 23.1 Å². The van der Waals surface area contributed by atoms with E-state index in [0.29, 0.717) is 5.75 Å². The Labute approximate surface area is 98.8 Å². The van der Waals surface area contributed by atoms with E-state index in [1.807, 2.05) is 25.1 Å². The molecule has 0 bridgehead atoms. The molecule has 2 atom stereocenters. The van der Waals surface area contributed by atoms with Gasteiger partial charge in [-0.2, -0.15) is 0 Å². The zero-order chi connectivity index (χ0) is 11.7. The van der Waals surface area contributed by atoms with E-state index >= 15 is 0 Å². The Bertz CT molecular complexity index is 420. The summed E-state index contributed by atoms with van der Waals surface area (Å²) in [5, 5.41) is 2.84. The first-order chi connectivity index (χ1) is 7.58. The molecule has 16 heavy (non-hydrogen) atoms. The molecule has 1 aromatic rings. The third kappa shape index (κ3) is 2.21. The Hall–Kier alpha value is -1.04. The second-order valence-electron chi connectivity index (χ2n) is 3.98. The second kappa shape index (κ2) is 4.45. The SMILES string of the molecule is CC(N)C(N)c1ccc2c(c1)NC(=O)CS2. The van der Waals surface area contributed by atoms with Gasteiger partial charge >= 0.3 is 0 Å². The molecule has 0 radical (unpaired) electrons. The minimum absolute atomic E-state index is 0.0315. The minimum Gasteiger partial charge on any atom is -0.326 e. The van der Waals surface area contributed by atoms with E-state index in [1.165, 1.54) is 0 Å². The van der Waals surface area contributed by atoms with Crippen molar-refractivity contribution in [3.8, 4) is 0 Å². The molecule has 0 aromatic heterocycles. The van der Waals surface area contributed by atoms with Crippen molar-refractivity contribution in [2.24, 2.45) is 11.5 Å². The summed E-state index contributed by atoms with van der Waals surface area (Å²) in [5.41, 5.74) is 13.5. The number of amides is 1. The molecule has 0 fully saturated rings. The fraction of sp³-hybridized carbons (Fsp3) is 0.364. The van der Waals surface area contributed by atoms with Gasteiger partial charge in [-0.05, 0) is 24.6 Å². The van der Waals surface area contributed by atoms with Gasteiger partial charge in [-0.3, -0.25) is 4.79 Å². The summed E-state index contributed by atoms with van der Waals surface area (Å²) in [7, 11) is 0. The number of nitrogens with two attached hydrogens (primary N) is 2. The van der Waals surface area contributed by atoms with Gasteiger partial charge in [0.25, 0.3) is 0 Å². The molecule has 1 aliphatic heterocycles. The van der Waals surface area contributed by atoms with Crippen LogP contribution in [0.5, 0.6) is 0 Å². The summed E-state index contributed by atoms with van der Waals surface area (Å²) in [4.78, 5) is 12.3. The van der Waals surface area contributed by atoms with Crippen LogP contribution in [0.4, 0.5) is 5.69 Å². The van der Waals surface area contributed by atoms with Crippen molar-refractivity contribution in [2.75, 3.05) is 11.1 Å². The smallest absolute Gasteiger partial charge is 0.234 e. The lowest BCUT2D eigenvalue weighted by atomic mass is 10.0. The molecule has 4 nitrogen and oxygen atoms in total. The van der Waals surface area contributed by atoms with Crippen molar-refractivity contribution in [3.05, 3.63) is 23.8 Å². The summed E-state index contributed by atoms with van der Waals surface area (Å²) in [6.45, 7) is 1.87. The van der Waals surface area contributed by atoms with E-state index in [-0.39, 0.29) is 18.0 Å². The molecule has 5 heteroatoms. The van der Waals surface area contributed by atoms with Crippen LogP contribution >= 0.6 is 11.8 Å². The predicted octanol–water partition coefficient (Wildman–Crippen LogP) is 1.08. The van der Waals surface area contributed by atoms with Crippen molar-refractivity contribution in [1.82, 2.24) is 0 Å². The number of carbonyl (C=O) groups excluding carboxylic acids is 1. The van der Waals surface area contributed by atoms with Crippen LogP contribution in [0.25, 0.3) is 0 Å². The van der Waals surface area contributed by atoms with E-state index in [0.717, 1.165) is 16.1 Å². The number of nitrogens with one attached hydrogen (secondary N) is 1. The lowest BCUT2D eigenvalue weighted by molar-refractivity contribution is -0.113. The van der Waals surface area contributed by atoms with Gasteiger partial charge in [0.2, 0.25) is 5.91 Å². The van der Waals surface area contributed by atoms with Crippen LogP contribution in [-0.2, 0) is 4.79 Å². The Morgan fingerprint density at radius 3 is 2.88 bits per heavy atom. The number of hydrogen-bond acceptors (Lipinski definition) is 4. The highest BCUT2D eigenvalue weighted by molar-refractivity contribution is 8.00. The van der Waals surface area contributed by atoms with E-state index in [2.05, 4.69) is 5.32 Å². The van der Waals surface area contributed by atoms with Crippen LogP contribution in [0, 0.1) is 0 Å². The highest BCUT2D eigenvalue weighted by Gasteiger charge is 2.18. The molecule has 1 heterocycles. The average molecular weight is 237 g/mol. The van der Waals surface area contributed by atoms with E-state index in [4.69, 9.17) is 11.5 Å². The van der Waals surface area contributed by atoms with Crippen molar-refractivity contribution in [1.29, 1.82) is 0 Å². The lowest BCUT2D eigenvalue weighted by Crippen LogP contribution is -2.31. The molecule has 86 valence electrons. The topological polar surface area (TPSA) is 81.1 Å². The molecule has 0 saturated heterocycles. The van der Waals surface area contributed by atoms with Gasteiger partial charge in [0.05, 0.1) is 11.4 Å². The zero-order valence-electron chi connectivity index (χ0n) is 9.07. The molecule has 5 N–H and O–H groups in total. The Morgan fingerprint density at radius 2 is 2.19 bits per heavy atom. The standard InChI is InChI=1S/C11H15N3OS/c1-6(12)11(13)7-2-3-9-8(4-7)14-10(15)5-16-9/h2-4,6,11H,5,12-13H2,1H3,(H,14,15). The average Bonchev–Trinajstić information content (AvgIpc) is 2.26. The Balaban J connectivity index is 2.31. The number of thioether (sulfide) groups is 1. The second-order valence-corrected chi connectivity index (χ2v) is 4.99. The number of carbonyl (C=O) groups is 1. The molecule has 0 aliphatic carbocycles. The van der Waals surface area contributed by atoms with Crippen LogP contribution in [-0.4, -0.2) is 17.7 Å². The summed E-state index contributed by atoms with van der Waals surface area (Å²) in [6, 6.07) is 5.56. The fourth-order valence-electron chi connectivity index (χ4n) is 1.61. The van der Waals surface area contributed by atoms with Gasteiger partial charge in [0.15, 0.2) is 0 Å². The number of fused-ring (bicyclic) bond motifs is 1. The first-order valence-corrected chi connectivity index (χ1v) is 6.14. The number of rotatable bonds is 2. The molecule has 0 saturated carbocycles. The molecule has 2 rings (SSSR count). The summed E-state index contributed by atoms with van der Waals surface area (Å²) < 4.78 is 0. The summed E-state index contributed by atoms with van der Waals surface area (Å²) >= 11 is 1.54. The number of benzene rings is 1. The normalized spacial score (nSPS) is 18.6. The van der Waals surface area contributed by atoms with E-state index in [1.54, 1.807) is 11.8 Å². The van der Waals surface area contributed by atoms with Gasteiger partial charge in [0, 0.05) is 17.0 Å². The van der Waals surface area contributed by atoms with Crippen molar-refractivity contribution >= 4 is 23.4 Å². The van der Waals surface area contributed by atoms with Crippen molar-refractivity contribution < 1.29 is 4.79 Å². The van der Waals surface area contributed by atoms with Crippen LogP contribution in [0.3, 0.4) is 0 Å². The summed E-state index contributed by atoms with van der Waals surface area (Å²) in [5.74, 6) is 0.509. The molecule has 1 aliphatic rings. The molecule has 0 spiro atoms. The van der Waals surface area contributed by atoms with Crippen LogP contribution in [0.2, 0.25) is 0 Å². The van der Waals surface area contributed by atoms with Crippen molar-refractivity contribution in [3.63, 3.8) is 0 Å². The Morgan fingerprint density at radius 1 is 1.44 bits per heavy atom. The van der Waals surface area contributed by atoms with Gasteiger partial charge in [-0.25, -0.2) is 0 Å². The van der Waals surface area contributed by atoms with Gasteiger partial charge in [-0.15, -0.1) is 11.8 Å². The molecular formula is C11H15N3OS.